The number of rotatable bonds is 2. The van der Waals surface area contributed by atoms with E-state index in [0.717, 1.165) is 5.56 Å². The average molecular weight is 405 g/mol. The number of fused-ring (bicyclic) bond motifs is 1. The molecule has 0 bridgehead atoms. The van der Waals surface area contributed by atoms with Crippen molar-refractivity contribution >= 4 is 11.9 Å². The number of hydrogen-bond donors (Lipinski definition) is 0. The number of carbonyl (C=O) groups excluding carboxylic acids is 2. The summed E-state index contributed by atoms with van der Waals surface area (Å²) >= 11 is 0. The fourth-order valence-corrected chi connectivity index (χ4v) is 3.45. The Balaban J connectivity index is 1.29. The molecule has 2 aliphatic rings. The minimum absolute atomic E-state index is 0.0302. The van der Waals surface area contributed by atoms with Gasteiger partial charge in [-0.3, -0.25) is 4.79 Å². The molecule has 0 aromatic heterocycles. The van der Waals surface area contributed by atoms with E-state index in [-0.39, 0.29) is 18.7 Å². The first kappa shape index (κ1) is 19.6. The second-order valence-corrected chi connectivity index (χ2v) is 7.22. The quantitative estimate of drug-likeness (QED) is 0.719. The number of urea groups is 1. The van der Waals surface area contributed by atoms with Crippen molar-refractivity contribution in [1.29, 1.82) is 0 Å². The van der Waals surface area contributed by atoms with Gasteiger partial charge in [0.05, 0.1) is 0 Å². The maximum atomic E-state index is 12.7. The third-order valence-electron chi connectivity index (χ3n) is 5.11. The van der Waals surface area contributed by atoms with Crippen LogP contribution in [0, 0.1) is 11.8 Å². The van der Waals surface area contributed by atoms with Crippen LogP contribution in [-0.2, 0) is 11.3 Å². The first-order valence-electron chi connectivity index (χ1n) is 9.85. The van der Waals surface area contributed by atoms with E-state index in [2.05, 4.69) is 11.8 Å². The Morgan fingerprint density at radius 2 is 1.67 bits per heavy atom. The Morgan fingerprint density at radius 1 is 0.967 bits per heavy atom. The molecular formula is C23H23N3O4. The number of carbonyl (C=O) groups is 2. The highest BCUT2D eigenvalue weighted by Crippen LogP contribution is 2.32. The molecule has 2 aromatic rings. The van der Waals surface area contributed by atoms with Crippen LogP contribution in [0.5, 0.6) is 11.5 Å². The van der Waals surface area contributed by atoms with Crippen LogP contribution in [0.4, 0.5) is 4.79 Å². The van der Waals surface area contributed by atoms with Crippen molar-refractivity contribution in [3.63, 3.8) is 0 Å². The molecule has 2 aliphatic heterocycles. The fourth-order valence-electron chi connectivity index (χ4n) is 3.45. The summed E-state index contributed by atoms with van der Waals surface area (Å²) in [7, 11) is 1.80. The van der Waals surface area contributed by atoms with E-state index >= 15 is 0 Å². The molecule has 3 amide bonds. The van der Waals surface area contributed by atoms with Gasteiger partial charge in [0.25, 0.3) is 5.91 Å². The maximum Gasteiger partial charge on any atom is 0.320 e. The van der Waals surface area contributed by atoms with E-state index in [4.69, 9.17) is 9.47 Å². The first-order valence-corrected chi connectivity index (χ1v) is 9.85. The van der Waals surface area contributed by atoms with Crippen LogP contribution in [0.15, 0.2) is 48.5 Å². The van der Waals surface area contributed by atoms with E-state index in [0.29, 0.717) is 49.8 Å². The van der Waals surface area contributed by atoms with Crippen molar-refractivity contribution in [3.05, 3.63) is 59.7 Å². The van der Waals surface area contributed by atoms with Crippen molar-refractivity contribution < 1.29 is 19.1 Å². The SMILES string of the molecule is CN(Cc1ccccc1)C(=O)N1CCN(C(=O)C#Cc2ccc3c(c2)OCO3)CC1. The molecule has 2 aromatic carbocycles. The Labute approximate surface area is 175 Å². The van der Waals surface area contributed by atoms with Crippen LogP contribution < -0.4 is 9.47 Å². The molecule has 1 saturated heterocycles. The van der Waals surface area contributed by atoms with Gasteiger partial charge < -0.3 is 24.2 Å². The summed E-state index contributed by atoms with van der Waals surface area (Å²) in [4.78, 5) is 30.3. The minimum atomic E-state index is -0.239. The second kappa shape index (κ2) is 8.78. The Kier molecular flexibility index (Phi) is 5.75. The largest absolute Gasteiger partial charge is 0.454 e. The minimum Gasteiger partial charge on any atom is -0.454 e. The number of hydrogen-bond acceptors (Lipinski definition) is 4. The lowest BCUT2D eigenvalue weighted by molar-refractivity contribution is -0.126. The van der Waals surface area contributed by atoms with E-state index in [1.807, 2.05) is 30.3 Å². The molecule has 1 fully saturated rings. The van der Waals surface area contributed by atoms with Crippen molar-refractivity contribution in [2.45, 2.75) is 6.54 Å². The molecule has 0 saturated carbocycles. The summed E-state index contributed by atoms with van der Waals surface area (Å²) in [6, 6.07) is 15.2. The van der Waals surface area contributed by atoms with Gasteiger partial charge >= 0.3 is 6.03 Å². The summed E-state index contributed by atoms with van der Waals surface area (Å²) in [6.45, 7) is 2.69. The van der Waals surface area contributed by atoms with Crippen molar-refractivity contribution in [2.75, 3.05) is 40.0 Å². The fraction of sp³-hybridized carbons (Fsp3) is 0.304. The van der Waals surface area contributed by atoms with Gasteiger partial charge in [-0.25, -0.2) is 4.79 Å². The highest BCUT2D eigenvalue weighted by molar-refractivity contribution is 5.94. The zero-order chi connectivity index (χ0) is 20.9. The van der Waals surface area contributed by atoms with Crippen LogP contribution in [0.25, 0.3) is 0 Å². The summed E-state index contributed by atoms with van der Waals surface area (Å²) in [6.07, 6.45) is 0. The summed E-state index contributed by atoms with van der Waals surface area (Å²) in [5.41, 5.74) is 1.78. The predicted molar refractivity (Wildman–Crippen MR) is 111 cm³/mol. The summed E-state index contributed by atoms with van der Waals surface area (Å²) in [5, 5.41) is 0. The first-order chi connectivity index (χ1) is 14.6. The molecule has 0 spiro atoms. The molecule has 4 rings (SSSR count). The summed E-state index contributed by atoms with van der Waals surface area (Å²) in [5.74, 6) is 6.66. The molecule has 0 N–H and O–H groups in total. The number of benzene rings is 2. The molecule has 30 heavy (non-hydrogen) atoms. The lowest BCUT2D eigenvalue weighted by Gasteiger charge is -2.35. The van der Waals surface area contributed by atoms with E-state index in [1.54, 1.807) is 39.9 Å². The van der Waals surface area contributed by atoms with Crippen LogP contribution in [0.1, 0.15) is 11.1 Å². The molecule has 154 valence electrons. The molecule has 7 nitrogen and oxygen atoms in total. The topological polar surface area (TPSA) is 62.3 Å². The number of piperazine rings is 1. The molecular weight excluding hydrogens is 382 g/mol. The average Bonchev–Trinajstić information content (AvgIpc) is 3.25. The van der Waals surface area contributed by atoms with Gasteiger partial charge in [0.1, 0.15) is 0 Å². The van der Waals surface area contributed by atoms with Crippen LogP contribution in [0.3, 0.4) is 0 Å². The Morgan fingerprint density at radius 3 is 2.43 bits per heavy atom. The van der Waals surface area contributed by atoms with E-state index in [1.165, 1.54) is 0 Å². The zero-order valence-corrected chi connectivity index (χ0v) is 16.8. The second-order valence-electron chi connectivity index (χ2n) is 7.22. The molecule has 0 radical (unpaired) electrons. The molecule has 0 atom stereocenters. The number of nitrogens with zero attached hydrogens (tertiary/aromatic N) is 3. The van der Waals surface area contributed by atoms with Crippen molar-refractivity contribution in [2.24, 2.45) is 0 Å². The van der Waals surface area contributed by atoms with Crippen molar-refractivity contribution in [1.82, 2.24) is 14.7 Å². The van der Waals surface area contributed by atoms with E-state index in [9.17, 15) is 9.59 Å². The van der Waals surface area contributed by atoms with Crippen molar-refractivity contribution in [3.8, 4) is 23.3 Å². The molecule has 2 heterocycles. The normalized spacial score (nSPS) is 14.7. The molecule has 0 aliphatic carbocycles. The third-order valence-corrected chi connectivity index (χ3v) is 5.11. The van der Waals surface area contributed by atoms with Gasteiger partial charge in [-0.15, -0.1) is 0 Å². The van der Waals surface area contributed by atoms with Crippen LogP contribution in [-0.4, -0.2) is 66.7 Å². The Bertz CT molecular complexity index is 988. The highest BCUT2D eigenvalue weighted by Gasteiger charge is 2.25. The molecule has 0 unspecified atom stereocenters. The monoisotopic (exact) mass is 405 g/mol. The summed E-state index contributed by atoms with van der Waals surface area (Å²) < 4.78 is 10.6. The maximum absolute atomic E-state index is 12.7. The van der Waals surface area contributed by atoms with Gasteiger partial charge in [-0.05, 0) is 23.8 Å². The number of ether oxygens (including phenoxy) is 2. The van der Waals surface area contributed by atoms with Crippen LogP contribution >= 0.6 is 0 Å². The molecule has 7 heteroatoms. The van der Waals surface area contributed by atoms with Gasteiger partial charge in [0, 0.05) is 51.3 Å². The Hall–Kier alpha value is -3.66. The van der Waals surface area contributed by atoms with Gasteiger partial charge in [0.15, 0.2) is 11.5 Å². The van der Waals surface area contributed by atoms with Gasteiger partial charge in [0.2, 0.25) is 6.79 Å². The van der Waals surface area contributed by atoms with Gasteiger partial charge in [-0.2, -0.15) is 0 Å². The van der Waals surface area contributed by atoms with E-state index < -0.39 is 0 Å². The lowest BCUT2D eigenvalue weighted by atomic mass is 10.2. The number of amides is 3. The lowest BCUT2D eigenvalue weighted by Crippen LogP contribution is -2.53. The third kappa shape index (κ3) is 4.49. The van der Waals surface area contributed by atoms with Crippen LogP contribution in [0.2, 0.25) is 0 Å². The predicted octanol–water partition coefficient (Wildman–Crippen LogP) is 2.16. The highest BCUT2D eigenvalue weighted by atomic mass is 16.7. The zero-order valence-electron chi connectivity index (χ0n) is 16.8. The van der Waals surface area contributed by atoms with Gasteiger partial charge in [-0.1, -0.05) is 36.3 Å². The standard InChI is InChI=1S/C23H23N3O4/c1-24(16-19-5-3-2-4-6-19)23(28)26-13-11-25(12-14-26)22(27)10-8-18-7-9-20-21(15-18)30-17-29-20/h2-7,9,15H,11-14,16-17H2,1H3. The smallest absolute Gasteiger partial charge is 0.320 e.